The largest absolute Gasteiger partial charge is 0.496 e. The highest BCUT2D eigenvalue weighted by molar-refractivity contribution is 9.10. The first kappa shape index (κ1) is 11.5. The van der Waals surface area contributed by atoms with Crippen LogP contribution in [0.5, 0.6) is 5.75 Å². The second-order valence-electron chi connectivity index (χ2n) is 3.15. The molecule has 14 heavy (non-hydrogen) atoms. The van der Waals surface area contributed by atoms with Gasteiger partial charge in [0.25, 0.3) is 0 Å². The molecule has 1 aromatic carbocycles. The molecule has 4 heteroatoms. The Balaban J connectivity index is 3.07. The Labute approximate surface area is 92.0 Å². The molecule has 0 aliphatic heterocycles. The van der Waals surface area contributed by atoms with Crippen LogP contribution in [-0.4, -0.2) is 18.3 Å². The number of methoxy groups -OCH3 is 1. The first-order valence-corrected chi connectivity index (χ1v) is 5.12. The van der Waals surface area contributed by atoms with E-state index in [-0.39, 0.29) is 0 Å². The van der Waals surface area contributed by atoms with Crippen LogP contribution in [0.3, 0.4) is 0 Å². The summed E-state index contributed by atoms with van der Waals surface area (Å²) in [5.41, 5.74) is 6.63. The number of rotatable bonds is 3. The Morgan fingerprint density at radius 3 is 2.64 bits per heavy atom. The number of aliphatic hydroxyl groups excluding tert-OH is 1. The van der Waals surface area contributed by atoms with Crippen LogP contribution in [0.25, 0.3) is 0 Å². The van der Waals surface area contributed by atoms with E-state index in [0.717, 1.165) is 10.0 Å². The van der Waals surface area contributed by atoms with Gasteiger partial charge in [-0.3, -0.25) is 0 Å². The van der Waals surface area contributed by atoms with Gasteiger partial charge in [-0.2, -0.15) is 0 Å². The molecule has 1 rings (SSSR count). The normalized spacial score (nSPS) is 14.9. The van der Waals surface area contributed by atoms with E-state index in [9.17, 15) is 5.11 Å². The van der Waals surface area contributed by atoms with Gasteiger partial charge in [0.2, 0.25) is 0 Å². The van der Waals surface area contributed by atoms with Gasteiger partial charge in [-0.25, -0.2) is 0 Å². The lowest BCUT2D eigenvalue weighted by molar-refractivity contribution is 0.162. The minimum atomic E-state index is -0.593. The van der Waals surface area contributed by atoms with Gasteiger partial charge in [0.15, 0.2) is 0 Å². The lowest BCUT2D eigenvalue weighted by Gasteiger charge is -2.18. The zero-order valence-corrected chi connectivity index (χ0v) is 9.78. The molecular weight excluding hydrogens is 246 g/mol. The van der Waals surface area contributed by atoms with Crippen molar-refractivity contribution < 1.29 is 9.84 Å². The molecule has 3 nitrogen and oxygen atoms in total. The second-order valence-corrected chi connectivity index (χ2v) is 4.07. The van der Waals surface area contributed by atoms with Crippen molar-refractivity contribution in [3.05, 3.63) is 28.2 Å². The molecule has 0 spiro atoms. The summed E-state index contributed by atoms with van der Waals surface area (Å²) in [6.45, 7) is 1.66. The molecule has 0 bridgehead atoms. The van der Waals surface area contributed by atoms with Gasteiger partial charge < -0.3 is 15.6 Å². The van der Waals surface area contributed by atoms with Crippen LogP contribution in [0.1, 0.15) is 18.5 Å². The predicted molar refractivity (Wildman–Crippen MR) is 59.3 cm³/mol. The van der Waals surface area contributed by atoms with Gasteiger partial charge in [-0.1, -0.05) is 22.0 Å². The minimum absolute atomic E-state index is 0.418. The van der Waals surface area contributed by atoms with Crippen LogP contribution in [0.4, 0.5) is 0 Å². The summed E-state index contributed by atoms with van der Waals surface area (Å²) in [7, 11) is 1.58. The highest BCUT2D eigenvalue weighted by Gasteiger charge is 2.16. The third-order valence-electron chi connectivity index (χ3n) is 2.07. The van der Waals surface area contributed by atoms with E-state index >= 15 is 0 Å². The maximum absolute atomic E-state index is 9.37. The molecule has 0 aromatic heterocycles. The summed E-state index contributed by atoms with van der Waals surface area (Å²) in [5.74, 6) is 0.688. The summed E-state index contributed by atoms with van der Waals surface area (Å²) in [4.78, 5) is 0. The highest BCUT2D eigenvalue weighted by atomic mass is 79.9. The zero-order chi connectivity index (χ0) is 10.7. The topological polar surface area (TPSA) is 55.5 Å². The smallest absolute Gasteiger partial charge is 0.124 e. The maximum Gasteiger partial charge on any atom is 0.124 e. The number of aliphatic hydroxyl groups is 1. The summed E-state index contributed by atoms with van der Waals surface area (Å²) in [6.07, 6.45) is -0.593. The Kier molecular flexibility index (Phi) is 3.92. The van der Waals surface area contributed by atoms with Crippen molar-refractivity contribution in [3.8, 4) is 5.75 Å². The fourth-order valence-corrected chi connectivity index (χ4v) is 1.56. The summed E-state index contributed by atoms with van der Waals surface area (Å²) in [5, 5.41) is 9.37. The van der Waals surface area contributed by atoms with Crippen molar-refractivity contribution in [3.63, 3.8) is 0 Å². The Hall–Kier alpha value is -0.580. The lowest BCUT2D eigenvalue weighted by atomic mass is 10.0. The maximum atomic E-state index is 9.37. The first-order chi connectivity index (χ1) is 6.56. The number of ether oxygens (including phenoxy) is 1. The standard InChI is InChI=1S/C10H14BrNO2/c1-6(13)10(12)8-4-3-7(11)5-9(8)14-2/h3-6,10,13H,12H2,1-2H3. The van der Waals surface area contributed by atoms with Crippen molar-refractivity contribution in [2.75, 3.05) is 7.11 Å². The average molecular weight is 260 g/mol. The molecule has 0 saturated carbocycles. The van der Waals surface area contributed by atoms with Crippen LogP contribution in [0.2, 0.25) is 0 Å². The molecule has 2 atom stereocenters. The number of hydrogen-bond acceptors (Lipinski definition) is 3. The van der Waals surface area contributed by atoms with Gasteiger partial charge in [-0.05, 0) is 19.1 Å². The molecule has 78 valence electrons. The molecule has 0 saturated heterocycles. The van der Waals surface area contributed by atoms with Crippen LogP contribution in [-0.2, 0) is 0 Å². The number of hydrogen-bond donors (Lipinski definition) is 2. The SMILES string of the molecule is COc1cc(Br)ccc1C(N)C(C)O. The Morgan fingerprint density at radius 2 is 2.14 bits per heavy atom. The van der Waals surface area contributed by atoms with Crippen molar-refractivity contribution in [2.45, 2.75) is 19.1 Å². The number of halogens is 1. The second kappa shape index (κ2) is 4.77. The van der Waals surface area contributed by atoms with Crippen LogP contribution < -0.4 is 10.5 Å². The van der Waals surface area contributed by atoms with Crippen molar-refractivity contribution >= 4 is 15.9 Å². The summed E-state index contributed by atoms with van der Waals surface area (Å²) >= 11 is 3.34. The van der Waals surface area contributed by atoms with Gasteiger partial charge in [0.1, 0.15) is 5.75 Å². The van der Waals surface area contributed by atoms with E-state index in [0.29, 0.717) is 5.75 Å². The zero-order valence-electron chi connectivity index (χ0n) is 8.20. The fourth-order valence-electron chi connectivity index (χ4n) is 1.22. The molecule has 2 unspecified atom stereocenters. The van der Waals surface area contributed by atoms with E-state index in [2.05, 4.69) is 15.9 Å². The van der Waals surface area contributed by atoms with E-state index in [4.69, 9.17) is 10.5 Å². The van der Waals surface area contributed by atoms with Gasteiger partial charge in [0.05, 0.1) is 19.3 Å². The Morgan fingerprint density at radius 1 is 1.50 bits per heavy atom. The van der Waals surface area contributed by atoms with Crippen molar-refractivity contribution in [1.29, 1.82) is 0 Å². The average Bonchev–Trinajstić information content (AvgIpc) is 2.16. The van der Waals surface area contributed by atoms with E-state index in [1.54, 1.807) is 14.0 Å². The summed E-state index contributed by atoms with van der Waals surface area (Å²) in [6, 6.07) is 5.14. The molecule has 1 aromatic rings. The van der Waals surface area contributed by atoms with Gasteiger partial charge in [-0.15, -0.1) is 0 Å². The van der Waals surface area contributed by atoms with Gasteiger partial charge in [0, 0.05) is 10.0 Å². The molecule has 0 fully saturated rings. The van der Waals surface area contributed by atoms with Gasteiger partial charge >= 0.3 is 0 Å². The molecule has 0 aliphatic rings. The quantitative estimate of drug-likeness (QED) is 0.871. The monoisotopic (exact) mass is 259 g/mol. The van der Waals surface area contributed by atoms with E-state index < -0.39 is 12.1 Å². The van der Waals surface area contributed by atoms with Crippen molar-refractivity contribution in [2.24, 2.45) is 5.73 Å². The minimum Gasteiger partial charge on any atom is -0.496 e. The number of nitrogens with two attached hydrogens (primary N) is 1. The third kappa shape index (κ3) is 2.47. The molecule has 0 radical (unpaired) electrons. The highest BCUT2D eigenvalue weighted by Crippen LogP contribution is 2.28. The van der Waals surface area contributed by atoms with Crippen molar-refractivity contribution in [1.82, 2.24) is 0 Å². The molecular formula is C10H14BrNO2. The first-order valence-electron chi connectivity index (χ1n) is 4.33. The van der Waals surface area contributed by atoms with Crippen LogP contribution >= 0.6 is 15.9 Å². The predicted octanol–water partition coefficient (Wildman–Crippen LogP) is 1.84. The molecule has 0 heterocycles. The van der Waals surface area contributed by atoms with E-state index in [1.807, 2.05) is 18.2 Å². The van der Waals surface area contributed by atoms with E-state index in [1.165, 1.54) is 0 Å². The molecule has 0 amide bonds. The number of benzene rings is 1. The third-order valence-corrected chi connectivity index (χ3v) is 2.57. The Bertz CT molecular complexity index is 315. The van der Waals surface area contributed by atoms with Crippen LogP contribution in [0.15, 0.2) is 22.7 Å². The summed E-state index contributed by atoms with van der Waals surface area (Å²) < 4.78 is 6.10. The molecule has 3 N–H and O–H groups in total. The lowest BCUT2D eigenvalue weighted by Crippen LogP contribution is -2.23. The fraction of sp³-hybridized carbons (Fsp3) is 0.400. The van der Waals surface area contributed by atoms with Crippen LogP contribution in [0, 0.1) is 0 Å². The molecule has 0 aliphatic carbocycles.